The summed E-state index contributed by atoms with van der Waals surface area (Å²) in [5, 5.41) is 0.667. The number of ether oxygens (including phenoxy) is 1. The molecule has 0 saturated carbocycles. The number of halogens is 1. The quantitative estimate of drug-likeness (QED) is 0.670. The highest BCUT2D eigenvalue weighted by Gasteiger charge is 2.24. The van der Waals surface area contributed by atoms with Gasteiger partial charge in [0.2, 0.25) is 0 Å². The summed E-state index contributed by atoms with van der Waals surface area (Å²) in [6.45, 7) is 3.87. The Morgan fingerprint density at radius 2 is 2.21 bits per heavy atom. The van der Waals surface area contributed by atoms with Crippen molar-refractivity contribution in [2.75, 3.05) is 0 Å². The van der Waals surface area contributed by atoms with Gasteiger partial charge in [0.25, 0.3) is 5.56 Å². The van der Waals surface area contributed by atoms with Crippen molar-refractivity contribution >= 4 is 27.5 Å². The number of H-pyrrole nitrogens is 1. The van der Waals surface area contributed by atoms with Gasteiger partial charge in [-0.1, -0.05) is 25.1 Å². The number of thiophene rings is 1. The molecule has 146 valence electrons. The van der Waals surface area contributed by atoms with E-state index in [1.807, 2.05) is 0 Å². The number of nitrogens with zero attached hydrogens (tertiary/aromatic N) is 1. The lowest BCUT2D eigenvalue weighted by Crippen LogP contribution is -2.19. The highest BCUT2D eigenvalue weighted by atomic mass is 32.1. The van der Waals surface area contributed by atoms with Crippen LogP contribution < -0.4 is 5.56 Å². The monoisotopic (exact) mass is 400 g/mol. The summed E-state index contributed by atoms with van der Waals surface area (Å²) in [7, 11) is 0. The predicted molar refractivity (Wildman–Crippen MR) is 106 cm³/mol. The van der Waals surface area contributed by atoms with Crippen LogP contribution in [0.4, 0.5) is 4.39 Å². The highest BCUT2D eigenvalue weighted by molar-refractivity contribution is 7.18. The number of carbonyl (C=O) groups is 1. The Hall–Kier alpha value is -2.54. The zero-order chi connectivity index (χ0) is 19.8. The number of aromatic amines is 1. The van der Waals surface area contributed by atoms with Crippen LogP contribution in [0.25, 0.3) is 10.2 Å². The number of nitrogens with one attached hydrogen (secondary N) is 1. The van der Waals surface area contributed by atoms with Crippen molar-refractivity contribution in [2.24, 2.45) is 5.92 Å². The third-order valence-electron chi connectivity index (χ3n) is 5.17. The first-order valence-electron chi connectivity index (χ1n) is 9.39. The van der Waals surface area contributed by atoms with Crippen LogP contribution in [-0.2, 0) is 28.8 Å². The van der Waals surface area contributed by atoms with Crippen molar-refractivity contribution in [1.82, 2.24) is 9.97 Å². The SMILES string of the molecule is C[C@H]1CCc2c(sc3nc([C@@H](C)OC(=O)Cc4ccccc4F)[nH]c(=O)c23)C1. The molecule has 0 bridgehead atoms. The Morgan fingerprint density at radius 1 is 1.43 bits per heavy atom. The number of esters is 1. The topological polar surface area (TPSA) is 72.0 Å². The van der Waals surface area contributed by atoms with E-state index >= 15 is 0 Å². The van der Waals surface area contributed by atoms with Crippen molar-refractivity contribution in [1.29, 1.82) is 0 Å². The number of benzene rings is 1. The maximum absolute atomic E-state index is 13.7. The lowest BCUT2D eigenvalue weighted by molar-refractivity contribution is -0.148. The van der Waals surface area contributed by atoms with Crippen LogP contribution in [0.15, 0.2) is 29.1 Å². The van der Waals surface area contributed by atoms with Gasteiger partial charge in [-0.05, 0) is 49.3 Å². The molecule has 0 radical (unpaired) electrons. The largest absolute Gasteiger partial charge is 0.454 e. The summed E-state index contributed by atoms with van der Waals surface area (Å²) in [6.07, 6.45) is 2.04. The zero-order valence-corrected chi connectivity index (χ0v) is 16.6. The van der Waals surface area contributed by atoms with Gasteiger partial charge in [0.1, 0.15) is 10.6 Å². The van der Waals surface area contributed by atoms with Crippen molar-refractivity contribution < 1.29 is 13.9 Å². The van der Waals surface area contributed by atoms with E-state index in [1.165, 1.54) is 10.9 Å². The number of carbonyl (C=O) groups excluding carboxylic acids is 1. The number of hydrogen-bond donors (Lipinski definition) is 1. The molecule has 28 heavy (non-hydrogen) atoms. The average molecular weight is 400 g/mol. The standard InChI is InChI=1S/C21H21FN2O3S/c1-11-7-8-14-16(9-11)28-21-18(14)20(26)23-19(24-21)12(2)27-17(25)10-13-5-3-4-6-15(13)22/h3-6,11-12H,7-10H2,1-2H3,(H,23,24,26)/t11-,12+/m0/s1. The fourth-order valence-corrected chi connectivity index (χ4v) is 5.04. The molecule has 1 aliphatic carbocycles. The van der Waals surface area contributed by atoms with E-state index in [-0.39, 0.29) is 17.5 Å². The molecule has 7 heteroatoms. The summed E-state index contributed by atoms with van der Waals surface area (Å²) in [4.78, 5) is 34.1. The van der Waals surface area contributed by atoms with Crippen LogP contribution in [-0.4, -0.2) is 15.9 Å². The average Bonchev–Trinajstić information content (AvgIpc) is 3.01. The predicted octanol–water partition coefficient (Wildman–Crippen LogP) is 4.10. The van der Waals surface area contributed by atoms with E-state index in [1.54, 1.807) is 36.5 Å². The molecule has 0 saturated heterocycles. The molecule has 4 rings (SSSR count). The van der Waals surface area contributed by atoms with Crippen LogP contribution >= 0.6 is 11.3 Å². The van der Waals surface area contributed by atoms with Gasteiger partial charge in [0.15, 0.2) is 11.9 Å². The molecular weight excluding hydrogens is 379 g/mol. The maximum atomic E-state index is 13.7. The number of fused-ring (bicyclic) bond motifs is 3. The summed E-state index contributed by atoms with van der Waals surface area (Å²) in [6, 6.07) is 6.09. The normalized spacial score (nSPS) is 17.3. The van der Waals surface area contributed by atoms with Gasteiger partial charge in [-0.3, -0.25) is 9.59 Å². The van der Waals surface area contributed by atoms with Crippen molar-refractivity contribution in [3.05, 3.63) is 62.3 Å². The molecular formula is C21H21FN2O3S. The minimum atomic E-state index is -0.727. The van der Waals surface area contributed by atoms with Gasteiger partial charge >= 0.3 is 5.97 Å². The van der Waals surface area contributed by atoms with E-state index < -0.39 is 17.9 Å². The highest BCUT2D eigenvalue weighted by Crippen LogP contribution is 2.36. The molecule has 0 amide bonds. The molecule has 2 atom stereocenters. The first-order valence-corrected chi connectivity index (χ1v) is 10.2. The maximum Gasteiger partial charge on any atom is 0.311 e. The first kappa shape index (κ1) is 18.8. The van der Waals surface area contributed by atoms with Gasteiger partial charge in [-0.2, -0.15) is 0 Å². The van der Waals surface area contributed by atoms with Crippen LogP contribution in [0, 0.1) is 11.7 Å². The van der Waals surface area contributed by atoms with E-state index in [2.05, 4.69) is 16.9 Å². The lowest BCUT2D eigenvalue weighted by atomic mass is 9.89. The molecule has 0 fully saturated rings. The minimum Gasteiger partial charge on any atom is -0.454 e. The van der Waals surface area contributed by atoms with Gasteiger partial charge in [-0.15, -0.1) is 11.3 Å². The summed E-state index contributed by atoms with van der Waals surface area (Å²) in [5.74, 6) is -0.0958. The molecule has 2 heterocycles. The van der Waals surface area contributed by atoms with Gasteiger partial charge in [-0.25, -0.2) is 9.37 Å². The zero-order valence-electron chi connectivity index (χ0n) is 15.8. The third kappa shape index (κ3) is 3.58. The van der Waals surface area contributed by atoms with E-state index in [9.17, 15) is 14.0 Å². The summed E-state index contributed by atoms with van der Waals surface area (Å²) >= 11 is 1.55. The van der Waals surface area contributed by atoms with Gasteiger partial charge in [0, 0.05) is 4.88 Å². The minimum absolute atomic E-state index is 0.172. The molecule has 5 nitrogen and oxygen atoms in total. The second kappa shape index (κ2) is 7.47. The molecule has 0 aliphatic heterocycles. The first-order chi connectivity index (χ1) is 13.4. The number of hydrogen-bond acceptors (Lipinski definition) is 5. The number of rotatable bonds is 4. The molecule has 0 unspecified atom stereocenters. The second-order valence-corrected chi connectivity index (χ2v) is 8.47. The Kier molecular flexibility index (Phi) is 5.02. The van der Waals surface area contributed by atoms with E-state index in [4.69, 9.17) is 4.74 Å². The molecule has 1 aromatic carbocycles. The van der Waals surface area contributed by atoms with Crippen molar-refractivity contribution in [3.63, 3.8) is 0 Å². The molecule has 2 aromatic heterocycles. The summed E-state index contributed by atoms with van der Waals surface area (Å²) in [5.41, 5.74) is 1.20. The lowest BCUT2D eigenvalue weighted by Gasteiger charge is -2.17. The van der Waals surface area contributed by atoms with Crippen LogP contribution in [0.5, 0.6) is 0 Å². The smallest absolute Gasteiger partial charge is 0.311 e. The van der Waals surface area contributed by atoms with Crippen LogP contribution in [0.2, 0.25) is 0 Å². The molecule has 0 spiro atoms. The summed E-state index contributed by atoms with van der Waals surface area (Å²) < 4.78 is 19.1. The fraction of sp³-hybridized carbons (Fsp3) is 0.381. The van der Waals surface area contributed by atoms with E-state index in [0.717, 1.165) is 24.8 Å². The van der Waals surface area contributed by atoms with Crippen molar-refractivity contribution in [2.45, 2.75) is 45.6 Å². The second-order valence-electron chi connectivity index (χ2n) is 7.38. The number of aromatic nitrogens is 2. The van der Waals surface area contributed by atoms with Crippen LogP contribution in [0.1, 0.15) is 48.2 Å². The Balaban J connectivity index is 1.56. The Labute approximate surface area is 165 Å². The van der Waals surface area contributed by atoms with E-state index in [0.29, 0.717) is 22.0 Å². The van der Waals surface area contributed by atoms with Gasteiger partial charge < -0.3 is 9.72 Å². The number of aryl methyl sites for hydroxylation is 1. The van der Waals surface area contributed by atoms with Crippen LogP contribution in [0.3, 0.4) is 0 Å². The van der Waals surface area contributed by atoms with Crippen molar-refractivity contribution in [3.8, 4) is 0 Å². The Bertz CT molecular complexity index is 1100. The molecule has 1 N–H and O–H groups in total. The van der Waals surface area contributed by atoms with Gasteiger partial charge in [0.05, 0.1) is 11.8 Å². The fourth-order valence-electron chi connectivity index (χ4n) is 3.65. The Morgan fingerprint density at radius 3 is 3.00 bits per heavy atom. The third-order valence-corrected chi connectivity index (χ3v) is 6.32. The molecule has 3 aromatic rings. The molecule has 1 aliphatic rings.